The molecule has 104 valence electrons. The van der Waals surface area contributed by atoms with Gasteiger partial charge in [-0.2, -0.15) is 0 Å². The Morgan fingerprint density at radius 3 is 2.39 bits per heavy atom. The predicted molar refractivity (Wildman–Crippen MR) is 67.9 cm³/mol. The zero-order valence-electron chi connectivity index (χ0n) is 11.3. The van der Waals surface area contributed by atoms with Crippen LogP contribution in [0.25, 0.3) is 0 Å². The van der Waals surface area contributed by atoms with Crippen LogP contribution in [0.15, 0.2) is 0 Å². The quantitative estimate of drug-likeness (QED) is 0.635. The van der Waals surface area contributed by atoms with Gasteiger partial charge in [0, 0.05) is 12.0 Å². The van der Waals surface area contributed by atoms with Gasteiger partial charge in [-0.3, -0.25) is 4.79 Å². The van der Waals surface area contributed by atoms with E-state index >= 15 is 0 Å². The highest BCUT2D eigenvalue weighted by molar-refractivity contribution is 5.86. The monoisotopic (exact) mass is 257 g/mol. The third-order valence-corrected chi connectivity index (χ3v) is 2.93. The minimum Gasteiger partial charge on any atom is -0.380 e. The number of amides is 3. The molecule has 0 aromatic carbocycles. The number of carbonyl (C=O) groups is 2. The third kappa shape index (κ3) is 4.52. The smallest absolute Gasteiger partial charge is 0.312 e. The summed E-state index contributed by atoms with van der Waals surface area (Å²) in [7, 11) is 0. The van der Waals surface area contributed by atoms with Crippen LogP contribution in [0, 0.1) is 11.3 Å². The normalized spacial score (nSPS) is 18.9. The molecule has 4 N–H and O–H groups in total. The summed E-state index contributed by atoms with van der Waals surface area (Å²) < 4.78 is 5.12. The Bertz CT molecular complexity index is 314. The summed E-state index contributed by atoms with van der Waals surface area (Å²) in [6.07, 6.45) is 0.571. The molecule has 0 saturated carbocycles. The van der Waals surface area contributed by atoms with Crippen LogP contribution < -0.4 is 16.4 Å². The maximum atomic E-state index is 12.0. The minimum absolute atomic E-state index is 0.0186. The molecule has 1 atom stereocenters. The minimum atomic E-state index is -0.672. The molecule has 0 aromatic heterocycles. The molecule has 1 saturated heterocycles. The Hall–Kier alpha value is -1.30. The first kappa shape index (κ1) is 14.8. The SMILES string of the molecule is CC(C)CC(NC(N)=O)C(=O)NCC1(C)COC1. The highest BCUT2D eigenvalue weighted by Crippen LogP contribution is 2.25. The van der Waals surface area contributed by atoms with Crippen molar-refractivity contribution in [3.05, 3.63) is 0 Å². The van der Waals surface area contributed by atoms with Crippen LogP contribution in [0.2, 0.25) is 0 Å². The van der Waals surface area contributed by atoms with Crippen LogP contribution in [0.1, 0.15) is 27.2 Å². The van der Waals surface area contributed by atoms with E-state index in [-0.39, 0.29) is 11.3 Å². The van der Waals surface area contributed by atoms with E-state index in [0.717, 1.165) is 0 Å². The summed E-state index contributed by atoms with van der Waals surface area (Å²) in [5.74, 6) is 0.117. The third-order valence-electron chi connectivity index (χ3n) is 2.93. The molecule has 18 heavy (non-hydrogen) atoms. The Balaban J connectivity index is 2.44. The van der Waals surface area contributed by atoms with Crippen molar-refractivity contribution in [3.8, 4) is 0 Å². The first-order chi connectivity index (χ1) is 8.32. The van der Waals surface area contributed by atoms with Crippen molar-refractivity contribution in [3.63, 3.8) is 0 Å². The molecule has 6 heteroatoms. The highest BCUT2D eigenvalue weighted by atomic mass is 16.5. The maximum absolute atomic E-state index is 12.0. The number of nitrogens with one attached hydrogen (secondary N) is 2. The second-order valence-electron chi connectivity index (χ2n) is 5.71. The van der Waals surface area contributed by atoms with Crippen LogP contribution >= 0.6 is 0 Å². The summed E-state index contributed by atoms with van der Waals surface area (Å²) in [5, 5.41) is 5.33. The van der Waals surface area contributed by atoms with Gasteiger partial charge in [-0.05, 0) is 12.3 Å². The van der Waals surface area contributed by atoms with E-state index in [4.69, 9.17) is 10.5 Å². The lowest BCUT2D eigenvalue weighted by Gasteiger charge is -2.38. The van der Waals surface area contributed by atoms with E-state index in [1.165, 1.54) is 0 Å². The summed E-state index contributed by atoms with van der Waals surface area (Å²) in [4.78, 5) is 22.9. The van der Waals surface area contributed by atoms with Gasteiger partial charge in [0.1, 0.15) is 6.04 Å². The van der Waals surface area contributed by atoms with Gasteiger partial charge in [0.05, 0.1) is 13.2 Å². The molecular weight excluding hydrogens is 234 g/mol. The van der Waals surface area contributed by atoms with Gasteiger partial charge in [0.2, 0.25) is 5.91 Å². The van der Waals surface area contributed by atoms with Crippen molar-refractivity contribution < 1.29 is 14.3 Å². The maximum Gasteiger partial charge on any atom is 0.312 e. The number of hydrogen-bond acceptors (Lipinski definition) is 3. The molecule has 1 aliphatic rings. The average Bonchev–Trinajstić information content (AvgIpc) is 2.21. The number of urea groups is 1. The molecule has 1 unspecified atom stereocenters. The van der Waals surface area contributed by atoms with Gasteiger partial charge in [-0.25, -0.2) is 4.79 Å². The van der Waals surface area contributed by atoms with Crippen LogP contribution in [-0.2, 0) is 9.53 Å². The molecule has 0 radical (unpaired) electrons. The Morgan fingerprint density at radius 2 is 2.00 bits per heavy atom. The zero-order chi connectivity index (χ0) is 13.8. The van der Waals surface area contributed by atoms with E-state index in [0.29, 0.717) is 32.1 Å². The predicted octanol–water partition coefficient (Wildman–Crippen LogP) is 0.222. The average molecular weight is 257 g/mol. The number of nitrogens with two attached hydrogens (primary N) is 1. The van der Waals surface area contributed by atoms with E-state index in [2.05, 4.69) is 17.6 Å². The van der Waals surface area contributed by atoms with Crippen LogP contribution in [0.3, 0.4) is 0 Å². The zero-order valence-corrected chi connectivity index (χ0v) is 11.3. The number of ether oxygens (including phenoxy) is 1. The van der Waals surface area contributed by atoms with Gasteiger partial charge in [-0.1, -0.05) is 20.8 Å². The summed E-state index contributed by atoms with van der Waals surface area (Å²) >= 11 is 0. The Labute approximate surface area is 108 Å². The molecule has 0 aromatic rings. The lowest BCUT2D eigenvalue weighted by Crippen LogP contribution is -2.54. The molecular formula is C12H23N3O3. The molecule has 3 amide bonds. The molecule has 1 rings (SSSR count). The van der Waals surface area contributed by atoms with Crippen LogP contribution in [0.4, 0.5) is 4.79 Å². The van der Waals surface area contributed by atoms with Crippen molar-refractivity contribution in [2.45, 2.75) is 33.2 Å². The van der Waals surface area contributed by atoms with Gasteiger partial charge in [0.15, 0.2) is 0 Å². The van der Waals surface area contributed by atoms with Gasteiger partial charge < -0.3 is 21.1 Å². The highest BCUT2D eigenvalue weighted by Gasteiger charge is 2.34. The second kappa shape index (κ2) is 6.04. The first-order valence-corrected chi connectivity index (χ1v) is 6.24. The topological polar surface area (TPSA) is 93.5 Å². The van der Waals surface area contributed by atoms with Gasteiger partial charge in [0.25, 0.3) is 0 Å². The molecule has 1 aliphatic heterocycles. The van der Waals surface area contributed by atoms with Crippen molar-refractivity contribution in [1.29, 1.82) is 0 Å². The standard InChI is InChI=1S/C12H23N3O3/c1-8(2)4-9(15-11(13)17)10(16)14-5-12(3)6-18-7-12/h8-9H,4-7H2,1-3H3,(H,14,16)(H3,13,15,17). The van der Waals surface area contributed by atoms with Crippen molar-refractivity contribution in [2.75, 3.05) is 19.8 Å². The molecule has 0 spiro atoms. The molecule has 1 heterocycles. The first-order valence-electron chi connectivity index (χ1n) is 6.24. The summed E-state index contributed by atoms with van der Waals surface area (Å²) in [5.41, 5.74) is 5.09. The summed E-state index contributed by atoms with van der Waals surface area (Å²) in [6, 6.07) is -1.24. The van der Waals surface area contributed by atoms with Crippen LogP contribution in [0.5, 0.6) is 0 Å². The number of rotatable bonds is 6. The summed E-state index contributed by atoms with van der Waals surface area (Å²) in [6.45, 7) is 7.90. The van der Waals surface area contributed by atoms with Gasteiger partial charge >= 0.3 is 6.03 Å². The van der Waals surface area contributed by atoms with E-state index in [9.17, 15) is 9.59 Å². The Morgan fingerprint density at radius 1 is 1.39 bits per heavy atom. The van der Waals surface area contributed by atoms with Crippen LogP contribution in [-0.4, -0.2) is 37.7 Å². The lowest BCUT2D eigenvalue weighted by molar-refractivity contribution is -0.128. The van der Waals surface area contributed by atoms with Crippen molar-refractivity contribution >= 4 is 11.9 Å². The molecule has 6 nitrogen and oxygen atoms in total. The van der Waals surface area contributed by atoms with E-state index < -0.39 is 12.1 Å². The fourth-order valence-corrected chi connectivity index (χ4v) is 1.85. The van der Waals surface area contributed by atoms with Crippen molar-refractivity contribution in [2.24, 2.45) is 17.1 Å². The molecule has 1 fully saturated rings. The fraction of sp³-hybridized carbons (Fsp3) is 0.833. The van der Waals surface area contributed by atoms with Gasteiger partial charge in [-0.15, -0.1) is 0 Å². The van der Waals surface area contributed by atoms with E-state index in [1.54, 1.807) is 0 Å². The van der Waals surface area contributed by atoms with E-state index in [1.807, 2.05) is 13.8 Å². The fourth-order valence-electron chi connectivity index (χ4n) is 1.85. The number of carbonyl (C=O) groups excluding carboxylic acids is 2. The van der Waals surface area contributed by atoms with Crippen molar-refractivity contribution in [1.82, 2.24) is 10.6 Å². The number of primary amides is 1. The molecule has 0 bridgehead atoms. The Kier molecular flexibility index (Phi) is 4.95. The number of hydrogen-bond donors (Lipinski definition) is 3. The second-order valence-corrected chi connectivity index (χ2v) is 5.71. The lowest BCUT2D eigenvalue weighted by atomic mass is 9.88. The largest absolute Gasteiger partial charge is 0.380 e. The molecule has 0 aliphatic carbocycles.